The minimum atomic E-state index is -0.341. The number of nitrogens with zero attached hydrogens (tertiary/aromatic N) is 3. The average Bonchev–Trinajstić information content (AvgIpc) is 2.82. The average molecular weight is 275 g/mol. The predicted molar refractivity (Wildman–Crippen MR) is 75.7 cm³/mol. The van der Waals surface area contributed by atoms with Gasteiger partial charge in [0, 0.05) is 38.5 Å². The maximum absolute atomic E-state index is 11.7. The summed E-state index contributed by atoms with van der Waals surface area (Å²) in [6, 6.07) is 5.06. The monoisotopic (exact) mass is 275 g/mol. The van der Waals surface area contributed by atoms with Gasteiger partial charge < -0.3 is 14.7 Å². The maximum Gasteiger partial charge on any atom is 0.320 e. The molecule has 0 saturated heterocycles. The first-order valence-electron chi connectivity index (χ1n) is 6.15. The molecule has 2 amide bonds. The first-order valence-corrected chi connectivity index (χ1v) is 6.15. The van der Waals surface area contributed by atoms with Crippen molar-refractivity contribution in [2.45, 2.75) is 13.5 Å². The minimum Gasteiger partial charge on any atom is -0.362 e. The van der Waals surface area contributed by atoms with Gasteiger partial charge in [0.1, 0.15) is 11.6 Å². The largest absolute Gasteiger partial charge is 0.362 e. The molecule has 0 fully saturated rings. The van der Waals surface area contributed by atoms with Crippen LogP contribution in [0.15, 0.2) is 28.9 Å². The summed E-state index contributed by atoms with van der Waals surface area (Å²) >= 11 is 0. The molecule has 0 spiro atoms. The molecule has 7 nitrogen and oxygen atoms in total. The summed E-state index contributed by atoms with van der Waals surface area (Å²) in [4.78, 5) is 17.9. The molecule has 2 aromatic heterocycles. The van der Waals surface area contributed by atoms with Crippen molar-refractivity contribution in [1.82, 2.24) is 15.5 Å². The Bertz CT molecular complexity index is 594. The standard InChI is InChI=1S/C13H17N5O2/c1-9-7-11(17-20-9)16-13(19)15-8-10-5-4-6-14-12(10)18(2)3/h4-7H,8H2,1-3H3,(H2,15,16,17,19). The Morgan fingerprint density at radius 2 is 2.25 bits per heavy atom. The van der Waals surface area contributed by atoms with E-state index in [1.165, 1.54) is 0 Å². The molecule has 0 aliphatic rings. The van der Waals surface area contributed by atoms with Crippen LogP contribution in [0, 0.1) is 6.92 Å². The first-order chi connectivity index (χ1) is 9.56. The molecule has 0 radical (unpaired) electrons. The van der Waals surface area contributed by atoms with E-state index in [2.05, 4.69) is 20.8 Å². The SMILES string of the molecule is Cc1cc(NC(=O)NCc2cccnc2N(C)C)no1. The fraction of sp³-hybridized carbons (Fsp3) is 0.308. The lowest BCUT2D eigenvalue weighted by Crippen LogP contribution is -2.29. The summed E-state index contributed by atoms with van der Waals surface area (Å²) < 4.78 is 4.87. The lowest BCUT2D eigenvalue weighted by atomic mass is 10.2. The van der Waals surface area contributed by atoms with E-state index in [9.17, 15) is 4.79 Å². The van der Waals surface area contributed by atoms with Gasteiger partial charge in [0.15, 0.2) is 5.82 Å². The Hall–Kier alpha value is -2.57. The van der Waals surface area contributed by atoms with Crippen LogP contribution in [0.4, 0.5) is 16.4 Å². The molecule has 0 aliphatic carbocycles. The fourth-order valence-electron chi connectivity index (χ4n) is 1.73. The van der Waals surface area contributed by atoms with Gasteiger partial charge in [-0.3, -0.25) is 5.32 Å². The number of hydrogen-bond donors (Lipinski definition) is 2. The highest BCUT2D eigenvalue weighted by Crippen LogP contribution is 2.14. The molecule has 2 N–H and O–H groups in total. The third-order valence-corrected chi connectivity index (χ3v) is 2.60. The van der Waals surface area contributed by atoms with E-state index in [1.807, 2.05) is 31.1 Å². The topological polar surface area (TPSA) is 83.3 Å². The van der Waals surface area contributed by atoms with Crippen LogP contribution >= 0.6 is 0 Å². The second kappa shape index (κ2) is 6.05. The van der Waals surface area contributed by atoms with Gasteiger partial charge in [0.2, 0.25) is 0 Å². The quantitative estimate of drug-likeness (QED) is 0.888. The van der Waals surface area contributed by atoms with Gasteiger partial charge >= 0.3 is 6.03 Å². The summed E-state index contributed by atoms with van der Waals surface area (Å²) in [6.07, 6.45) is 1.72. The highest BCUT2D eigenvalue weighted by atomic mass is 16.5. The predicted octanol–water partition coefficient (Wildman–Crippen LogP) is 1.77. The number of hydrogen-bond acceptors (Lipinski definition) is 5. The fourth-order valence-corrected chi connectivity index (χ4v) is 1.73. The Labute approximate surface area is 117 Å². The number of carbonyl (C=O) groups excluding carboxylic acids is 1. The molecule has 2 heterocycles. The van der Waals surface area contributed by atoms with E-state index in [0.717, 1.165) is 11.4 Å². The molecular weight excluding hydrogens is 258 g/mol. The first kappa shape index (κ1) is 13.9. The number of pyridine rings is 1. The molecule has 0 unspecified atom stereocenters. The number of aromatic nitrogens is 2. The van der Waals surface area contributed by atoms with Gasteiger partial charge in [-0.05, 0) is 13.0 Å². The summed E-state index contributed by atoms with van der Waals surface area (Å²) in [6.45, 7) is 2.14. The van der Waals surface area contributed by atoms with Gasteiger partial charge in [-0.25, -0.2) is 9.78 Å². The van der Waals surface area contributed by atoms with Gasteiger partial charge in [-0.1, -0.05) is 11.2 Å². The van der Waals surface area contributed by atoms with E-state index in [-0.39, 0.29) is 6.03 Å². The Balaban J connectivity index is 1.93. The Kier molecular flexibility index (Phi) is 4.19. The highest BCUT2D eigenvalue weighted by molar-refractivity contribution is 5.88. The second-order valence-electron chi connectivity index (χ2n) is 4.51. The van der Waals surface area contributed by atoms with Crippen LogP contribution in [0.5, 0.6) is 0 Å². The smallest absolute Gasteiger partial charge is 0.320 e. The minimum absolute atomic E-state index is 0.341. The van der Waals surface area contributed by atoms with E-state index in [1.54, 1.807) is 19.2 Å². The molecule has 0 bridgehead atoms. The van der Waals surface area contributed by atoms with Gasteiger partial charge in [-0.15, -0.1) is 0 Å². The van der Waals surface area contributed by atoms with E-state index >= 15 is 0 Å². The van der Waals surface area contributed by atoms with Crippen LogP contribution in [0.25, 0.3) is 0 Å². The number of rotatable bonds is 4. The maximum atomic E-state index is 11.7. The number of aryl methyl sites for hydroxylation is 1. The number of urea groups is 1. The summed E-state index contributed by atoms with van der Waals surface area (Å²) in [5, 5.41) is 9.04. The summed E-state index contributed by atoms with van der Waals surface area (Å²) in [5.41, 5.74) is 0.934. The van der Waals surface area contributed by atoms with Crippen LogP contribution in [0.1, 0.15) is 11.3 Å². The van der Waals surface area contributed by atoms with E-state index in [0.29, 0.717) is 18.1 Å². The van der Waals surface area contributed by atoms with Crippen molar-refractivity contribution in [3.8, 4) is 0 Å². The van der Waals surface area contributed by atoms with Crippen molar-refractivity contribution in [2.75, 3.05) is 24.3 Å². The number of nitrogens with one attached hydrogen (secondary N) is 2. The molecule has 20 heavy (non-hydrogen) atoms. The number of amides is 2. The van der Waals surface area contributed by atoms with Crippen LogP contribution in [0.3, 0.4) is 0 Å². The molecule has 0 atom stereocenters. The molecular formula is C13H17N5O2. The molecule has 0 saturated carbocycles. The van der Waals surface area contributed by atoms with Crippen molar-refractivity contribution in [2.24, 2.45) is 0 Å². The van der Waals surface area contributed by atoms with Crippen molar-refractivity contribution < 1.29 is 9.32 Å². The van der Waals surface area contributed by atoms with E-state index in [4.69, 9.17) is 4.52 Å². The molecule has 106 valence electrons. The zero-order valence-electron chi connectivity index (χ0n) is 11.7. The third kappa shape index (κ3) is 3.47. The lowest BCUT2D eigenvalue weighted by Gasteiger charge is -2.16. The van der Waals surface area contributed by atoms with Gasteiger partial charge in [0.05, 0.1) is 0 Å². The molecule has 7 heteroatoms. The lowest BCUT2D eigenvalue weighted by molar-refractivity contribution is 0.251. The van der Waals surface area contributed by atoms with Crippen LogP contribution in [-0.4, -0.2) is 30.3 Å². The van der Waals surface area contributed by atoms with Crippen molar-refractivity contribution >= 4 is 17.7 Å². The van der Waals surface area contributed by atoms with Crippen LogP contribution < -0.4 is 15.5 Å². The summed E-state index contributed by atoms with van der Waals surface area (Å²) in [7, 11) is 3.81. The van der Waals surface area contributed by atoms with Crippen molar-refractivity contribution in [1.29, 1.82) is 0 Å². The normalized spacial score (nSPS) is 10.2. The summed E-state index contributed by atoms with van der Waals surface area (Å²) in [5.74, 6) is 1.85. The molecule has 2 aromatic rings. The Morgan fingerprint density at radius 1 is 1.45 bits per heavy atom. The van der Waals surface area contributed by atoms with Crippen molar-refractivity contribution in [3.05, 3.63) is 35.7 Å². The highest BCUT2D eigenvalue weighted by Gasteiger charge is 2.08. The Morgan fingerprint density at radius 3 is 2.90 bits per heavy atom. The molecule has 0 aliphatic heterocycles. The third-order valence-electron chi connectivity index (χ3n) is 2.60. The molecule has 2 rings (SSSR count). The van der Waals surface area contributed by atoms with Crippen molar-refractivity contribution in [3.63, 3.8) is 0 Å². The van der Waals surface area contributed by atoms with Crippen LogP contribution in [0.2, 0.25) is 0 Å². The zero-order valence-corrected chi connectivity index (χ0v) is 11.7. The van der Waals surface area contributed by atoms with Crippen LogP contribution in [-0.2, 0) is 6.54 Å². The second-order valence-corrected chi connectivity index (χ2v) is 4.51. The van der Waals surface area contributed by atoms with E-state index < -0.39 is 0 Å². The number of carbonyl (C=O) groups is 1. The van der Waals surface area contributed by atoms with Gasteiger partial charge in [0.25, 0.3) is 0 Å². The van der Waals surface area contributed by atoms with Gasteiger partial charge in [-0.2, -0.15) is 0 Å². The zero-order chi connectivity index (χ0) is 14.5. The number of anilines is 2. The molecule has 0 aromatic carbocycles.